The molecule has 1 N–H and O–H groups in total. The van der Waals surface area contributed by atoms with Crippen LogP contribution in [-0.2, 0) is 24.4 Å². The molecule has 0 spiro atoms. The van der Waals surface area contributed by atoms with Crippen molar-refractivity contribution in [2.45, 2.75) is 32.2 Å². The van der Waals surface area contributed by atoms with Gasteiger partial charge in [0.2, 0.25) is 0 Å². The van der Waals surface area contributed by atoms with E-state index in [4.69, 9.17) is 4.74 Å². The topological polar surface area (TPSA) is 29.5 Å². The first-order valence-electron chi connectivity index (χ1n) is 6.74. The van der Waals surface area contributed by atoms with Crippen LogP contribution in [-0.4, -0.2) is 5.11 Å². The lowest BCUT2D eigenvalue weighted by Crippen LogP contribution is -2.00. The van der Waals surface area contributed by atoms with E-state index < -0.39 is 6.10 Å². The second-order valence-corrected chi connectivity index (χ2v) is 5.06. The van der Waals surface area contributed by atoms with Gasteiger partial charge in [-0.05, 0) is 35.1 Å². The van der Waals surface area contributed by atoms with E-state index in [0.29, 0.717) is 13.2 Å². The predicted octanol–water partition coefficient (Wildman–Crippen LogP) is 3.38. The van der Waals surface area contributed by atoms with Crippen LogP contribution in [0.2, 0.25) is 0 Å². The highest BCUT2D eigenvalue weighted by atomic mass is 16.5. The molecule has 0 amide bonds. The van der Waals surface area contributed by atoms with Gasteiger partial charge in [0.15, 0.2) is 0 Å². The van der Waals surface area contributed by atoms with Gasteiger partial charge in [0.05, 0.1) is 19.3 Å². The van der Waals surface area contributed by atoms with Crippen molar-refractivity contribution < 1.29 is 9.84 Å². The number of hydrogen-bond donors (Lipinski definition) is 1. The van der Waals surface area contributed by atoms with Gasteiger partial charge in [-0.3, -0.25) is 0 Å². The quantitative estimate of drug-likeness (QED) is 0.906. The molecule has 1 aliphatic heterocycles. The summed E-state index contributed by atoms with van der Waals surface area (Å²) in [5.74, 6) is 0. The van der Waals surface area contributed by atoms with Crippen LogP contribution in [0.1, 0.15) is 34.8 Å². The molecule has 2 nitrogen and oxygen atoms in total. The van der Waals surface area contributed by atoms with Gasteiger partial charge in [-0.1, -0.05) is 48.5 Å². The van der Waals surface area contributed by atoms with Crippen LogP contribution in [0.3, 0.4) is 0 Å². The molecule has 0 radical (unpaired) electrons. The minimum absolute atomic E-state index is 0.397. The van der Waals surface area contributed by atoms with Crippen LogP contribution in [0.25, 0.3) is 0 Å². The van der Waals surface area contributed by atoms with E-state index in [1.165, 1.54) is 16.7 Å². The Bertz CT molecular complexity index is 548. The molecule has 0 bridgehead atoms. The lowest BCUT2D eigenvalue weighted by atomic mass is 9.98. The van der Waals surface area contributed by atoms with Gasteiger partial charge in [-0.15, -0.1) is 0 Å². The van der Waals surface area contributed by atoms with Gasteiger partial charge < -0.3 is 9.84 Å². The molecule has 2 heteroatoms. The van der Waals surface area contributed by atoms with Crippen LogP contribution in [0.15, 0.2) is 48.5 Å². The van der Waals surface area contributed by atoms with Crippen molar-refractivity contribution in [1.29, 1.82) is 0 Å². The summed E-state index contributed by atoms with van der Waals surface area (Å²) >= 11 is 0. The Balaban J connectivity index is 1.65. The van der Waals surface area contributed by atoms with Crippen molar-refractivity contribution in [1.82, 2.24) is 0 Å². The zero-order chi connectivity index (χ0) is 13.1. The molecule has 0 aromatic heterocycles. The fraction of sp³-hybridized carbons (Fsp3) is 0.294. The number of aryl methyl sites for hydroxylation is 1. The van der Waals surface area contributed by atoms with E-state index in [0.717, 1.165) is 18.4 Å². The van der Waals surface area contributed by atoms with Crippen LogP contribution in [0, 0.1) is 0 Å². The van der Waals surface area contributed by atoms with Crippen molar-refractivity contribution in [2.24, 2.45) is 0 Å². The number of ether oxygens (including phenoxy) is 1. The maximum absolute atomic E-state index is 10.3. The van der Waals surface area contributed by atoms with E-state index >= 15 is 0 Å². The molecule has 0 fully saturated rings. The minimum Gasteiger partial charge on any atom is -0.388 e. The van der Waals surface area contributed by atoms with Gasteiger partial charge in [0, 0.05) is 0 Å². The highest BCUT2D eigenvalue weighted by Crippen LogP contribution is 2.26. The van der Waals surface area contributed by atoms with Gasteiger partial charge in [-0.25, -0.2) is 0 Å². The van der Waals surface area contributed by atoms with Gasteiger partial charge in [-0.2, -0.15) is 0 Å². The Kier molecular flexibility index (Phi) is 3.62. The van der Waals surface area contributed by atoms with Gasteiger partial charge >= 0.3 is 0 Å². The predicted molar refractivity (Wildman–Crippen MR) is 74.7 cm³/mol. The summed E-state index contributed by atoms with van der Waals surface area (Å²) in [5.41, 5.74) is 4.74. The molecule has 0 saturated heterocycles. The zero-order valence-electron chi connectivity index (χ0n) is 10.9. The van der Waals surface area contributed by atoms with Gasteiger partial charge in [0.25, 0.3) is 0 Å². The molecule has 2 aromatic carbocycles. The number of rotatable bonds is 4. The molecular weight excluding hydrogens is 236 g/mol. The highest BCUT2D eigenvalue weighted by molar-refractivity contribution is 5.34. The second-order valence-electron chi connectivity index (χ2n) is 5.06. The molecule has 98 valence electrons. The first kappa shape index (κ1) is 12.4. The normalized spacial score (nSPS) is 15.2. The summed E-state index contributed by atoms with van der Waals surface area (Å²) in [6.45, 7) is 1.38. The molecule has 1 unspecified atom stereocenters. The van der Waals surface area contributed by atoms with Crippen LogP contribution in [0.5, 0.6) is 0 Å². The second kappa shape index (κ2) is 5.55. The highest BCUT2D eigenvalue weighted by Gasteiger charge is 2.14. The Morgan fingerprint density at radius 3 is 2.63 bits per heavy atom. The summed E-state index contributed by atoms with van der Waals surface area (Å²) in [5, 5.41) is 10.3. The maximum Gasteiger partial charge on any atom is 0.0793 e. The molecule has 1 aliphatic rings. The van der Waals surface area contributed by atoms with Gasteiger partial charge in [0.1, 0.15) is 0 Å². The number of aliphatic hydroxyl groups is 1. The number of fused-ring (bicyclic) bond motifs is 1. The molecule has 19 heavy (non-hydrogen) atoms. The van der Waals surface area contributed by atoms with Crippen molar-refractivity contribution >= 4 is 0 Å². The smallest absolute Gasteiger partial charge is 0.0793 e. The molecule has 3 rings (SSSR count). The van der Waals surface area contributed by atoms with Crippen molar-refractivity contribution in [2.75, 3.05) is 0 Å². The molecule has 0 saturated carbocycles. The first-order valence-corrected chi connectivity index (χ1v) is 6.74. The molecule has 0 aliphatic carbocycles. The summed E-state index contributed by atoms with van der Waals surface area (Å²) in [4.78, 5) is 0. The van der Waals surface area contributed by atoms with E-state index in [2.05, 4.69) is 24.3 Å². The van der Waals surface area contributed by atoms with E-state index in [1.54, 1.807) is 0 Å². The number of aliphatic hydroxyl groups excluding tert-OH is 1. The largest absolute Gasteiger partial charge is 0.388 e. The average Bonchev–Trinajstić information content (AvgIpc) is 2.93. The van der Waals surface area contributed by atoms with Crippen LogP contribution in [0.4, 0.5) is 0 Å². The molecular formula is C17H18O2. The van der Waals surface area contributed by atoms with E-state index in [-0.39, 0.29) is 0 Å². The Morgan fingerprint density at radius 1 is 1.00 bits per heavy atom. The van der Waals surface area contributed by atoms with Crippen molar-refractivity contribution in [3.8, 4) is 0 Å². The van der Waals surface area contributed by atoms with Crippen LogP contribution >= 0.6 is 0 Å². The Hall–Kier alpha value is -1.64. The third-order valence-electron chi connectivity index (χ3n) is 3.68. The summed E-state index contributed by atoms with van der Waals surface area (Å²) < 4.78 is 5.40. The van der Waals surface area contributed by atoms with Crippen LogP contribution < -0.4 is 0 Å². The zero-order valence-corrected chi connectivity index (χ0v) is 10.9. The third kappa shape index (κ3) is 2.86. The monoisotopic (exact) mass is 254 g/mol. The lowest BCUT2D eigenvalue weighted by Gasteiger charge is -2.12. The third-order valence-corrected chi connectivity index (χ3v) is 3.68. The van der Waals surface area contributed by atoms with E-state index in [1.807, 2.05) is 24.3 Å². The maximum atomic E-state index is 10.3. The first-order chi connectivity index (χ1) is 9.33. The average molecular weight is 254 g/mol. The molecule has 1 atom stereocenters. The Morgan fingerprint density at radius 2 is 1.79 bits per heavy atom. The number of hydrogen-bond acceptors (Lipinski definition) is 2. The number of benzene rings is 2. The standard InChI is InChI=1S/C17H18O2/c18-17(9-6-13-4-2-1-3-5-13)14-7-8-15-11-19-12-16(15)10-14/h1-5,7-8,10,17-18H,6,9,11-12H2. The molecule has 2 aromatic rings. The summed E-state index contributed by atoms with van der Waals surface area (Å²) in [7, 11) is 0. The summed E-state index contributed by atoms with van der Waals surface area (Å²) in [6, 6.07) is 16.5. The van der Waals surface area contributed by atoms with E-state index in [9.17, 15) is 5.11 Å². The Labute approximate surface area is 113 Å². The SMILES string of the molecule is OC(CCc1ccccc1)c1ccc2c(c1)COC2. The fourth-order valence-electron chi connectivity index (χ4n) is 2.51. The van der Waals surface area contributed by atoms with Crippen molar-refractivity contribution in [3.63, 3.8) is 0 Å². The fourth-order valence-corrected chi connectivity index (χ4v) is 2.51. The molecule has 1 heterocycles. The lowest BCUT2D eigenvalue weighted by molar-refractivity contribution is 0.134. The minimum atomic E-state index is -0.397. The van der Waals surface area contributed by atoms with Crippen molar-refractivity contribution in [3.05, 3.63) is 70.8 Å². The summed E-state index contributed by atoms with van der Waals surface area (Å²) in [6.07, 6.45) is 1.25.